The van der Waals surface area contributed by atoms with E-state index in [1.165, 1.54) is 11.1 Å². The maximum absolute atomic E-state index is 10.3. The van der Waals surface area contributed by atoms with Crippen LogP contribution in [-0.4, -0.2) is 48.5 Å². The molecule has 1 atom stereocenters. The van der Waals surface area contributed by atoms with Gasteiger partial charge in [-0.2, -0.15) is 0 Å². The van der Waals surface area contributed by atoms with E-state index >= 15 is 0 Å². The molecule has 3 heteroatoms. The second-order valence-electron chi connectivity index (χ2n) is 6.33. The molecule has 0 amide bonds. The zero-order valence-corrected chi connectivity index (χ0v) is 15.1. The molecule has 0 aliphatic carbocycles. The van der Waals surface area contributed by atoms with Gasteiger partial charge in [0.2, 0.25) is 0 Å². The van der Waals surface area contributed by atoms with Crippen molar-refractivity contribution in [2.24, 2.45) is 0 Å². The van der Waals surface area contributed by atoms with Gasteiger partial charge in [-0.25, -0.2) is 0 Å². The van der Waals surface area contributed by atoms with E-state index in [4.69, 9.17) is 4.74 Å². The largest absolute Gasteiger partial charge is 0.491 e. The molecule has 0 heterocycles. The average Bonchev–Trinajstić information content (AvgIpc) is 2.66. The third-order valence-corrected chi connectivity index (χ3v) is 5.01. The van der Waals surface area contributed by atoms with Crippen molar-refractivity contribution in [2.75, 3.05) is 32.8 Å². The Bertz CT molecular complexity index is 583. The lowest BCUT2D eigenvalue weighted by atomic mass is 10.1. The molecule has 0 bridgehead atoms. The van der Waals surface area contributed by atoms with Gasteiger partial charge in [-0.3, -0.25) is 0 Å². The third-order valence-electron chi connectivity index (χ3n) is 5.01. The second-order valence-corrected chi connectivity index (χ2v) is 6.33. The fourth-order valence-corrected chi connectivity index (χ4v) is 3.12. The van der Waals surface area contributed by atoms with Crippen LogP contribution >= 0.6 is 0 Å². The van der Waals surface area contributed by atoms with Crippen LogP contribution in [0.1, 0.15) is 20.8 Å². The van der Waals surface area contributed by atoms with Crippen molar-refractivity contribution in [3.63, 3.8) is 0 Å². The lowest BCUT2D eigenvalue weighted by Gasteiger charge is -2.37. The van der Waals surface area contributed by atoms with Gasteiger partial charge in [0, 0.05) is 0 Å². The van der Waals surface area contributed by atoms with Gasteiger partial charge in [-0.1, -0.05) is 42.5 Å². The first-order valence-electron chi connectivity index (χ1n) is 8.94. The monoisotopic (exact) mass is 328 g/mol. The van der Waals surface area contributed by atoms with Gasteiger partial charge in [0.1, 0.15) is 25.0 Å². The van der Waals surface area contributed by atoms with Crippen LogP contribution in [0.2, 0.25) is 0 Å². The molecule has 0 saturated carbocycles. The molecule has 2 aromatic rings. The minimum atomic E-state index is -0.446. The van der Waals surface area contributed by atoms with Crippen LogP contribution in [0.5, 0.6) is 5.75 Å². The van der Waals surface area contributed by atoms with Crippen molar-refractivity contribution in [3.8, 4) is 16.9 Å². The van der Waals surface area contributed by atoms with Gasteiger partial charge >= 0.3 is 0 Å². The highest BCUT2D eigenvalue weighted by Gasteiger charge is 2.25. The quantitative estimate of drug-likeness (QED) is 0.706. The first kappa shape index (κ1) is 18.5. The Balaban J connectivity index is 1.90. The number of benzene rings is 2. The highest BCUT2D eigenvalue weighted by atomic mass is 16.5. The lowest BCUT2D eigenvalue weighted by Crippen LogP contribution is -2.52. The van der Waals surface area contributed by atoms with Crippen LogP contribution in [0.15, 0.2) is 54.6 Å². The SMILES string of the molecule is CC[N+](CC)(CC)C[C@H](O)COc1ccc(-c2ccccc2)cc1. The summed E-state index contributed by atoms with van der Waals surface area (Å²) in [6, 6.07) is 18.3. The topological polar surface area (TPSA) is 29.5 Å². The minimum absolute atomic E-state index is 0.338. The normalized spacial score (nSPS) is 12.8. The van der Waals surface area contributed by atoms with Crippen LogP contribution < -0.4 is 4.74 Å². The Hall–Kier alpha value is -1.84. The molecule has 2 aromatic carbocycles. The molecular formula is C21H30NO2+. The first-order chi connectivity index (χ1) is 11.6. The van der Waals surface area contributed by atoms with Crippen LogP contribution in [0, 0.1) is 0 Å². The van der Waals surface area contributed by atoms with E-state index < -0.39 is 6.10 Å². The Labute approximate surface area is 146 Å². The summed E-state index contributed by atoms with van der Waals surface area (Å²) in [4.78, 5) is 0. The fourth-order valence-electron chi connectivity index (χ4n) is 3.12. The maximum Gasteiger partial charge on any atom is 0.137 e. The van der Waals surface area contributed by atoms with E-state index in [9.17, 15) is 5.11 Å². The maximum atomic E-state index is 10.3. The summed E-state index contributed by atoms with van der Waals surface area (Å²) >= 11 is 0. The molecule has 0 radical (unpaired) electrons. The molecular weight excluding hydrogens is 298 g/mol. The third kappa shape index (κ3) is 4.83. The van der Waals surface area contributed by atoms with E-state index in [0.29, 0.717) is 6.61 Å². The van der Waals surface area contributed by atoms with Gasteiger partial charge in [-0.15, -0.1) is 0 Å². The number of quaternary nitrogens is 1. The molecule has 0 aromatic heterocycles. The summed E-state index contributed by atoms with van der Waals surface area (Å²) in [5.41, 5.74) is 2.36. The average molecular weight is 328 g/mol. The summed E-state index contributed by atoms with van der Waals surface area (Å²) in [6.45, 7) is 10.7. The molecule has 0 aliphatic heterocycles. The number of hydrogen-bond donors (Lipinski definition) is 1. The van der Waals surface area contributed by atoms with Crippen LogP contribution in [0.25, 0.3) is 11.1 Å². The van der Waals surface area contributed by atoms with Gasteiger partial charge in [0.25, 0.3) is 0 Å². The van der Waals surface area contributed by atoms with Gasteiger partial charge in [0.15, 0.2) is 0 Å². The summed E-state index contributed by atoms with van der Waals surface area (Å²) in [6.07, 6.45) is -0.446. The zero-order chi connectivity index (χ0) is 17.4. The Morgan fingerprint density at radius 1 is 0.833 bits per heavy atom. The number of ether oxygens (including phenoxy) is 1. The predicted octanol–water partition coefficient (Wildman–Crippen LogP) is 3.97. The zero-order valence-electron chi connectivity index (χ0n) is 15.1. The summed E-state index contributed by atoms with van der Waals surface area (Å²) in [5.74, 6) is 0.802. The van der Waals surface area contributed by atoms with E-state index in [0.717, 1.165) is 36.4 Å². The van der Waals surface area contributed by atoms with Crippen LogP contribution in [0.3, 0.4) is 0 Å². The number of aliphatic hydroxyl groups is 1. The number of likely N-dealkylation sites (N-methyl/N-ethyl adjacent to an activating group) is 1. The Morgan fingerprint density at radius 2 is 1.38 bits per heavy atom. The lowest BCUT2D eigenvalue weighted by molar-refractivity contribution is -0.926. The second kappa shape index (κ2) is 8.86. The summed E-state index contributed by atoms with van der Waals surface area (Å²) in [7, 11) is 0. The number of rotatable bonds is 9. The first-order valence-corrected chi connectivity index (χ1v) is 8.94. The fraction of sp³-hybridized carbons (Fsp3) is 0.429. The smallest absolute Gasteiger partial charge is 0.137 e. The van der Waals surface area contributed by atoms with Gasteiger partial charge in [-0.05, 0) is 44.0 Å². The van der Waals surface area contributed by atoms with E-state index in [2.05, 4.69) is 45.0 Å². The van der Waals surface area contributed by atoms with Crippen molar-refractivity contribution in [3.05, 3.63) is 54.6 Å². The predicted molar refractivity (Wildman–Crippen MR) is 100 cm³/mol. The minimum Gasteiger partial charge on any atom is -0.491 e. The van der Waals surface area contributed by atoms with E-state index in [1.807, 2.05) is 30.3 Å². The molecule has 3 nitrogen and oxygen atoms in total. The molecule has 2 rings (SSSR count). The summed E-state index contributed by atoms with van der Waals surface area (Å²) in [5, 5.41) is 10.3. The molecule has 24 heavy (non-hydrogen) atoms. The molecule has 130 valence electrons. The molecule has 0 fully saturated rings. The van der Waals surface area contributed by atoms with Crippen molar-refractivity contribution in [2.45, 2.75) is 26.9 Å². The van der Waals surface area contributed by atoms with Crippen molar-refractivity contribution < 1.29 is 14.3 Å². The molecule has 0 spiro atoms. The van der Waals surface area contributed by atoms with Crippen LogP contribution in [0.4, 0.5) is 0 Å². The molecule has 0 unspecified atom stereocenters. The Morgan fingerprint density at radius 3 is 1.92 bits per heavy atom. The number of aliphatic hydroxyl groups excluding tert-OH is 1. The molecule has 0 saturated heterocycles. The van der Waals surface area contributed by atoms with E-state index in [-0.39, 0.29) is 0 Å². The molecule has 1 N–H and O–H groups in total. The highest BCUT2D eigenvalue weighted by Crippen LogP contribution is 2.22. The van der Waals surface area contributed by atoms with Gasteiger partial charge < -0.3 is 14.3 Å². The number of nitrogens with zero attached hydrogens (tertiary/aromatic N) is 1. The van der Waals surface area contributed by atoms with Crippen molar-refractivity contribution in [1.82, 2.24) is 0 Å². The van der Waals surface area contributed by atoms with Gasteiger partial charge in [0.05, 0.1) is 19.6 Å². The van der Waals surface area contributed by atoms with E-state index in [1.54, 1.807) is 0 Å². The summed E-state index contributed by atoms with van der Waals surface area (Å²) < 4.78 is 6.71. The van der Waals surface area contributed by atoms with Crippen molar-refractivity contribution >= 4 is 0 Å². The standard InChI is InChI=1S/C21H30NO2/c1-4-22(5-2,6-3)16-20(23)17-24-21-14-12-19(13-15-21)18-10-8-7-9-11-18/h7-15,20,23H,4-6,16-17H2,1-3H3/q+1/t20-/m0/s1. The van der Waals surface area contributed by atoms with Crippen LogP contribution in [-0.2, 0) is 0 Å². The molecule has 0 aliphatic rings. The highest BCUT2D eigenvalue weighted by molar-refractivity contribution is 5.63. The van der Waals surface area contributed by atoms with Crippen molar-refractivity contribution in [1.29, 1.82) is 0 Å². The number of hydrogen-bond acceptors (Lipinski definition) is 2. The Kier molecular flexibility index (Phi) is 6.83.